The van der Waals surface area contributed by atoms with Crippen molar-refractivity contribution in [3.63, 3.8) is 0 Å². The van der Waals surface area contributed by atoms with Crippen molar-refractivity contribution in [2.45, 2.75) is 15.0 Å². The highest BCUT2D eigenvalue weighted by molar-refractivity contribution is 7.92. The molecule has 0 aliphatic rings. The molecule has 1 atom stereocenters. The molecule has 0 amide bonds. The lowest BCUT2D eigenvalue weighted by Gasteiger charge is -2.17. The smallest absolute Gasteiger partial charge is 0.223 e. The van der Waals surface area contributed by atoms with Gasteiger partial charge in [0.2, 0.25) is 10.0 Å². The van der Waals surface area contributed by atoms with Crippen LogP contribution in [-0.4, -0.2) is 23.4 Å². The molecule has 3 aromatic rings. The molecule has 0 spiro atoms. The molecule has 1 aromatic heterocycles. The third kappa shape index (κ3) is 4.76. The second-order valence-corrected chi connectivity index (χ2v) is 11.6. The van der Waals surface area contributed by atoms with E-state index in [0.717, 1.165) is 0 Å². The van der Waals surface area contributed by atoms with Crippen molar-refractivity contribution >= 4 is 54.4 Å². The number of halogens is 2. The minimum absolute atomic E-state index is 0.00530. The fourth-order valence-corrected chi connectivity index (χ4v) is 6.70. The molecule has 2 aromatic carbocycles. The number of benzene rings is 2. The van der Waals surface area contributed by atoms with Crippen molar-refractivity contribution in [3.8, 4) is 0 Å². The van der Waals surface area contributed by atoms with Crippen LogP contribution in [0.15, 0.2) is 75.8 Å². The highest BCUT2D eigenvalue weighted by atomic mass is 35.5. The Bertz CT molecular complexity index is 1140. The van der Waals surface area contributed by atoms with Crippen LogP contribution in [0.2, 0.25) is 10.0 Å². The molecule has 148 valence electrons. The number of sulfonamides is 1. The summed E-state index contributed by atoms with van der Waals surface area (Å²) in [5.41, 5.74) is 0. The minimum atomic E-state index is -3.90. The molecule has 5 nitrogen and oxygen atoms in total. The van der Waals surface area contributed by atoms with Gasteiger partial charge in [-0.2, -0.15) is 0 Å². The van der Waals surface area contributed by atoms with Crippen molar-refractivity contribution in [2.75, 3.05) is 6.54 Å². The summed E-state index contributed by atoms with van der Waals surface area (Å²) in [5.74, 6) is 0. The van der Waals surface area contributed by atoms with E-state index >= 15 is 0 Å². The van der Waals surface area contributed by atoms with Crippen molar-refractivity contribution in [2.24, 2.45) is 0 Å². The van der Waals surface area contributed by atoms with Gasteiger partial charge in [0, 0.05) is 21.5 Å². The molecule has 28 heavy (non-hydrogen) atoms. The third-order valence-electron chi connectivity index (χ3n) is 3.96. The van der Waals surface area contributed by atoms with Gasteiger partial charge in [0.05, 0.1) is 9.79 Å². The minimum Gasteiger partial charge on any atom is -0.223 e. The molecule has 1 N–H and O–H groups in total. The van der Waals surface area contributed by atoms with Gasteiger partial charge in [0.1, 0.15) is 5.25 Å². The molecule has 0 bridgehead atoms. The topological polar surface area (TPSA) is 80.3 Å². The van der Waals surface area contributed by atoms with Crippen LogP contribution in [-0.2, 0) is 19.9 Å². The lowest BCUT2D eigenvalue weighted by Crippen LogP contribution is -2.31. The SMILES string of the molecule is O=S(=O)(NC[C@@H](c1cccs1)S(=O)(=O)c1ccc(Cl)cc1)c1ccc(Cl)cc1. The Labute approximate surface area is 177 Å². The summed E-state index contributed by atoms with van der Waals surface area (Å²) in [7, 11) is -7.75. The van der Waals surface area contributed by atoms with Crippen molar-refractivity contribution in [1.82, 2.24) is 4.72 Å². The maximum absolute atomic E-state index is 13.2. The van der Waals surface area contributed by atoms with Crippen LogP contribution in [0.4, 0.5) is 0 Å². The van der Waals surface area contributed by atoms with E-state index < -0.39 is 25.1 Å². The van der Waals surface area contributed by atoms with Crippen LogP contribution in [0.25, 0.3) is 0 Å². The van der Waals surface area contributed by atoms with E-state index in [-0.39, 0.29) is 16.3 Å². The van der Waals surface area contributed by atoms with E-state index in [2.05, 4.69) is 4.72 Å². The van der Waals surface area contributed by atoms with E-state index in [4.69, 9.17) is 23.2 Å². The Kier molecular flexibility index (Phi) is 6.48. The number of nitrogens with one attached hydrogen (secondary N) is 1. The predicted octanol–water partition coefficient (Wildman–Crippen LogP) is 4.55. The summed E-state index contributed by atoms with van der Waals surface area (Å²) in [6, 6.07) is 14.8. The first kappa shape index (κ1) is 21.3. The Morgan fingerprint density at radius 3 is 1.86 bits per heavy atom. The molecule has 0 aliphatic carbocycles. The van der Waals surface area contributed by atoms with Crippen LogP contribution < -0.4 is 4.72 Å². The molecular weight excluding hydrogens is 461 g/mol. The fourth-order valence-electron chi connectivity index (χ4n) is 2.51. The second kappa shape index (κ2) is 8.52. The highest BCUT2D eigenvalue weighted by Gasteiger charge is 2.31. The first-order chi connectivity index (χ1) is 13.2. The molecular formula is C18H15Cl2NO4S3. The van der Waals surface area contributed by atoms with E-state index in [1.807, 2.05) is 0 Å². The lowest BCUT2D eigenvalue weighted by atomic mass is 10.3. The quantitative estimate of drug-likeness (QED) is 0.543. The lowest BCUT2D eigenvalue weighted by molar-refractivity contribution is 0.569. The number of rotatable bonds is 7. The predicted molar refractivity (Wildman–Crippen MR) is 112 cm³/mol. The number of hydrogen-bond acceptors (Lipinski definition) is 5. The average Bonchev–Trinajstić information content (AvgIpc) is 3.16. The van der Waals surface area contributed by atoms with Crippen molar-refractivity contribution in [1.29, 1.82) is 0 Å². The van der Waals surface area contributed by atoms with E-state index in [1.54, 1.807) is 17.5 Å². The Hall–Kier alpha value is -1.42. The molecule has 0 saturated heterocycles. The largest absolute Gasteiger partial charge is 0.240 e. The van der Waals surface area contributed by atoms with Gasteiger partial charge in [-0.3, -0.25) is 0 Å². The van der Waals surface area contributed by atoms with Gasteiger partial charge in [0.15, 0.2) is 9.84 Å². The van der Waals surface area contributed by atoms with Crippen LogP contribution in [0, 0.1) is 0 Å². The van der Waals surface area contributed by atoms with Gasteiger partial charge in [-0.1, -0.05) is 29.3 Å². The molecule has 3 rings (SSSR count). The molecule has 0 saturated carbocycles. The third-order valence-corrected chi connectivity index (χ3v) is 9.14. The fraction of sp³-hybridized carbons (Fsp3) is 0.111. The molecule has 10 heteroatoms. The van der Waals surface area contributed by atoms with Crippen LogP contribution in [0.1, 0.15) is 10.1 Å². The van der Waals surface area contributed by atoms with Gasteiger partial charge in [-0.25, -0.2) is 21.6 Å². The number of thiophene rings is 1. The van der Waals surface area contributed by atoms with Gasteiger partial charge >= 0.3 is 0 Å². The zero-order valence-electron chi connectivity index (χ0n) is 14.2. The Balaban J connectivity index is 1.91. The molecule has 0 radical (unpaired) electrons. The normalized spacial score (nSPS) is 13.4. The molecule has 0 aliphatic heterocycles. The summed E-state index contributed by atoms with van der Waals surface area (Å²) in [6.07, 6.45) is 0. The summed E-state index contributed by atoms with van der Waals surface area (Å²) >= 11 is 12.9. The van der Waals surface area contributed by atoms with Crippen LogP contribution >= 0.6 is 34.5 Å². The summed E-state index contributed by atoms with van der Waals surface area (Å²) in [6.45, 7) is -0.309. The Morgan fingerprint density at radius 2 is 1.36 bits per heavy atom. The average molecular weight is 476 g/mol. The molecule has 0 unspecified atom stereocenters. The summed E-state index contributed by atoms with van der Waals surface area (Å²) in [4.78, 5) is 0.612. The molecule has 0 fully saturated rings. The first-order valence-corrected chi connectivity index (χ1v) is 12.6. The molecule has 1 heterocycles. The van der Waals surface area contributed by atoms with Crippen molar-refractivity contribution in [3.05, 3.63) is 81.0 Å². The van der Waals surface area contributed by atoms with E-state index in [1.165, 1.54) is 59.9 Å². The maximum Gasteiger partial charge on any atom is 0.240 e. The highest BCUT2D eigenvalue weighted by Crippen LogP contribution is 2.32. The zero-order chi connectivity index (χ0) is 20.4. The number of hydrogen-bond donors (Lipinski definition) is 1. The monoisotopic (exact) mass is 475 g/mol. The number of sulfone groups is 1. The van der Waals surface area contributed by atoms with Crippen LogP contribution in [0.5, 0.6) is 0 Å². The van der Waals surface area contributed by atoms with Gasteiger partial charge in [-0.15, -0.1) is 11.3 Å². The van der Waals surface area contributed by atoms with Crippen molar-refractivity contribution < 1.29 is 16.8 Å². The summed E-state index contributed by atoms with van der Waals surface area (Å²) < 4.78 is 53.8. The van der Waals surface area contributed by atoms with Crippen LogP contribution in [0.3, 0.4) is 0 Å². The van der Waals surface area contributed by atoms with E-state index in [9.17, 15) is 16.8 Å². The zero-order valence-corrected chi connectivity index (χ0v) is 18.2. The summed E-state index contributed by atoms with van der Waals surface area (Å²) in [5, 5.41) is 1.49. The first-order valence-electron chi connectivity index (χ1n) is 7.98. The van der Waals surface area contributed by atoms with Gasteiger partial charge in [-0.05, 0) is 60.0 Å². The second-order valence-electron chi connectivity index (χ2n) is 5.81. The van der Waals surface area contributed by atoms with Gasteiger partial charge < -0.3 is 0 Å². The Morgan fingerprint density at radius 1 is 0.821 bits per heavy atom. The maximum atomic E-state index is 13.2. The standard InChI is InChI=1S/C18H15Cl2NO4S3/c19-13-3-7-15(8-4-13)27(22,23)18(17-2-1-11-26-17)12-21-28(24,25)16-9-5-14(20)6-10-16/h1-11,18,21H,12H2/t18-/m0/s1. The van der Waals surface area contributed by atoms with Gasteiger partial charge in [0.25, 0.3) is 0 Å². The van der Waals surface area contributed by atoms with E-state index in [0.29, 0.717) is 14.9 Å².